The molecule has 0 atom stereocenters. The number of allylic oxidation sites excluding steroid dienone is 2. The van der Waals surface area contributed by atoms with Gasteiger partial charge in [-0.2, -0.15) is 0 Å². The Hall–Kier alpha value is -0.590. The largest absolute Gasteiger partial charge is 0.295 e. The van der Waals surface area contributed by atoms with Crippen LogP contribution in [-0.2, 0) is 4.79 Å². The van der Waals surface area contributed by atoms with Crippen molar-refractivity contribution in [3.8, 4) is 0 Å². The smallest absolute Gasteiger partial charge is 0.158 e. The molecule has 0 aromatic carbocycles. The van der Waals surface area contributed by atoms with Crippen molar-refractivity contribution in [1.29, 1.82) is 0 Å². The lowest BCUT2D eigenvalue weighted by Gasteiger charge is -1.87. The first kappa shape index (κ1) is 5.21. The Morgan fingerprint density at radius 3 is 2.22 bits per heavy atom. The van der Waals surface area contributed by atoms with Gasteiger partial charge in [-0.25, -0.2) is 0 Å². The minimum absolute atomic E-state index is 0.433. The fraction of sp³-hybridized carbons (Fsp3) is 0.625. The first-order chi connectivity index (χ1) is 4.38. The minimum Gasteiger partial charge on any atom is -0.295 e. The molecule has 2 aliphatic carbocycles. The van der Waals surface area contributed by atoms with Gasteiger partial charge in [-0.3, -0.25) is 4.79 Å². The average molecular weight is 122 g/mol. The first-order valence-electron chi connectivity index (χ1n) is 3.62. The summed E-state index contributed by atoms with van der Waals surface area (Å²) in [5.41, 5.74) is 2.65. The number of hydrogen-bond donors (Lipinski definition) is 0. The van der Waals surface area contributed by atoms with Gasteiger partial charge < -0.3 is 0 Å². The Labute approximate surface area is 54.8 Å². The summed E-state index contributed by atoms with van der Waals surface area (Å²) in [6, 6.07) is 0. The molecule has 2 saturated carbocycles. The van der Waals surface area contributed by atoms with Gasteiger partial charge in [0, 0.05) is 6.42 Å². The Bertz CT molecular complexity index is 183. The predicted octanol–water partition coefficient (Wildman–Crippen LogP) is 1.83. The summed E-state index contributed by atoms with van der Waals surface area (Å²) in [6.07, 6.45) is 5.42. The minimum atomic E-state index is 0.433. The summed E-state index contributed by atoms with van der Waals surface area (Å²) in [5.74, 6) is 0.433. The normalized spacial score (nSPS) is 25.6. The molecule has 0 spiro atoms. The lowest BCUT2D eigenvalue weighted by atomic mass is 10.2. The van der Waals surface area contributed by atoms with Crippen LogP contribution in [0.1, 0.15) is 32.1 Å². The van der Waals surface area contributed by atoms with Crippen LogP contribution in [0.4, 0.5) is 0 Å². The van der Waals surface area contributed by atoms with E-state index >= 15 is 0 Å². The molecule has 2 fully saturated rings. The second-order valence-electron chi connectivity index (χ2n) is 2.86. The number of Topliss-reactive ketones (excluding diaryl/α,β-unsaturated/α-hetero) is 1. The van der Waals surface area contributed by atoms with E-state index in [1.807, 2.05) is 0 Å². The van der Waals surface area contributed by atoms with Gasteiger partial charge in [0.15, 0.2) is 5.78 Å². The van der Waals surface area contributed by atoms with E-state index in [0.717, 1.165) is 19.3 Å². The van der Waals surface area contributed by atoms with E-state index < -0.39 is 0 Å². The number of hydrogen-bond acceptors (Lipinski definition) is 1. The van der Waals surface area contributed by atoms with Crippen LogP contribution in [0.15, 0.2) is 11.1 Å². The standard InChI is InChI=1S/C8H10O/c9-8-3-1-2-7(8)6-4-5-6/h1-5H2. The molecule has 48 valence electrons. The maximum absolute atomic E-state index is 11.0. The summed E-state index contributed by atoms with van der Waals surface area (Å²) in [7, 11) is 0. The summed E-state index contributed by atoms with van der Waals surface area (Å²) in [4.78, 5) is 11.0. The Balaban J connectivity index is 2.29. The van der Waals surface area contributed by atoms with Crippen LogP contribution in [0.2, 0.25) is 0 Å². The maximum Gasteiger partial charge on any atom is 0.158 e. The van der Waals surface area contributed by atoms with Crippen LogP contribution in [0.3, 0.4) is 0 Å². The lowest BCUT2D eigenvalue weighted by Crippen LogP contribution is -1.89. The molecule has 0 aromatic rings. The third-order valence-electron chi connectivity index (χ3n) is 2.09. The van der Waals surface area contributed by atoms with E-state index in [9.17, 15) is 4.79 Å². The third-order valence-corrected chi connectivity index (χ3v) is 2.09. The Kier molecular flexibility index (Phi) is 0.981. The molecule has 2 aliphatic rings. The highest BCUT2D eigenvalue weighted by Crippen LogP contribution is 2.37. The number of carbonyl (C=O) groups is 1. The second kappa shape index (κ2) is 1.69. The zero-order valence-corrected chi connectivity index (χ0v) is 5.44. The molecule has 0 N–H and O–H groups in total. The van der Waals surface area contributed by atoms with E-state index in [0.29, 0.717) is 5.78 Å². The quantitative estimate of drug-likeness (QED) is 0.448. The third kappa shape index (κ3) is 0.805. The molecular formula is C8H10O. The number of rotatable bonds is 0. The van der Waals surface area contributed by atoms with E-state index in [1.54, 1.807) is 0 Å². The fourth-order valence-electron chi connectivity index (χ4n) is 1.45. The van der Waals surface area contributed by atoms with Crippen LogP contribution in [0.5, 0.6) is 0 Å². The van der Waals surface area contributed by atoms with Crippen molar-refractivity contribution < 1.29 is 4.79 Å². The van der Waals surface area contributed by atoms with Crippen molar-refractivity contribution in [2.75, 3.05) is 0 Å². The topological polar surface area (TPSA) is 17.1 Å². The molecule has 0 aliphatic heterocycles. The van der Waals surface area contributed by atoms with Crippen molar-refractivity contribution in [2.24, 2.45) is 0 Å². The number of carbonyl (C=O) groups excluding carboxylic acids is 1. The molecule has 0 radical (unpaired) electrons. The maximum atomic E-state index is 11.0. The molecule has 9 heavy (non-hydrogen) atoms. The Morgan fingerprint density at radius 1 is 1.00 bits per heavy atom. The SMILES string of the molecule is O=C1CCCC1=C1CC1. The molecular weight excluding hydrogens is 112 g/mol. The van der Waals surface area contributed by atoms with Gasteiger partial charge in [0.2, 0.25) is 0 Å². The second-order valence-corrected chi connectivity index (χ2v) is 2.86. The molecule has 0 saturated heterocycles. The fourth-order valence-corrected chi connectivity index (χ4v) is 1.45. The van der Waals surface area contributed by atoms with Crippen LogP contribution >= 0.6 is 0 Å². The van der Waals surface area contributed by atoms with Crippen molar-refractivity contribution in [3.63, 3.8) is 0 Å². The highest BCUT2D eigenvalue weighted by Gasteiger charge is 2.25. The van der Waals surface area contributed by atoms with E-state index in [4.69, 9.17) is 0 Å². The van der Waals surface area contributed by atoms with Crippen LogP contribution in [0.25, 0.3) is 0 Å². The van der Waals surface area contributed by atoms with Crippen LogP contribution in [-0.4, -0.2) is 5.78 Å². The van der Waals surface area contributed by atoms with Gasteiger partial charge in [0.25, 0.3) is 0 Å². The summed E-state index contributed by atoms with van der Waals surface area (Å²) < 4.78 is 0. The average Bonchev–Trinajstić information content (AvgIpc) is 2.58. The van der Waals surface area contributed by atoms with Gasteiger partial charge >= 0.3 is 0 Å². The van der Waals surface area contributed by atoms with E-state index in [2.05, 4.69) is 0 Å². The highest BCUT2D eigenvalue weighted by molar-refractivity contribution is 5.98. The first-order valence-corrected chi connectivity index (χ1v) is 3.62. The van der Waals surface area contributed by atoms with Crippen LogP contribution < -0.4 is 0 Å². The molecule has 0 aromatic heterocycles. The summed E-state index contributed by atoms with van der Waals surface area (Å²) in [5, 5.41) is 0. The number of ketones is 1. The molecule has 0 heterocycles. The Morgan fingerprint density at radius 2 is 1.78 bits per heavy atom. The van der Waals surface area contributed by atoms with Gasteiger partial charge in [-0.1, -0.05) is 5.57 Å². The lowest BCUT2D eigenvalue weighted by molar-refractivity contribution is -0.114. The van der Waals surface area contributed by atoms with Crippen molar-refractivity contribution in [2.45, 2.75) is 32.1 Å². The monoisotopic (exact) mass is 122 g/mol. The summed E-state index contributed by atoms with van der Waals surface area (Å²) >= 11 is 0. The molecule has 2 rings (SSSR count). The van der Waals surface area contributed by atoms with Crippen molar-refractivity contribution >= 4 is 5.78 Å². The molecule has 0 bridgehead atoms. The van der Waals surface area contributed by atoms with Crippen LogP contribution in [0, 0.1) is 0 Å². The molecule has 1 heteroatoms. The van der Waals surface area contributed by atoms with Crippen molar-refractivity contribution in [1.82, 2.24) is 0 Å². The van der Waals surface area contributed by atoms with Gasteiger partial charge in [-0.15, -0.1) is 0 Å². The van der Waals surface area contributed by atoms with E-state index in [1.165, 1.54) is 24.0 Å². The highest BCUT2D eigenvalue weighted by atomic mass is 16.1. The molecule has 1 nitrogen and oxygen atoms in total. The zero-order chi connectivity index (χ0) is 6.27. The predicted molar refractivity (Wildman–Crippen MR) is 35.1 cm³/mol. The van der Waals surface area contributed by atoms with Gasteiger partial charge in [-0.05, 0) is 31.3 Å². The zero-order valence-electron chi connectivity index (χ0n) is 5.44. The molecule has 0 unspecified atom stereocenters. The van der Waals surface area contributed by atoms with Crippen molar-refractivity contribution in [3.05, 3.63) is 11.1 Å². The summed E-state index contributed by atoms with van der Waals surface area (Å²) in [6.45, 7) is 0. The van der Waals surface area contributed by atoms with E-state index in [-0.39, 0.29) is 0 Å². The molecule has 0 amide bonds. The van der Waals surface area contributed by atoms with Gasteiger partial charge in [0.05, 0.1) is 0 Å². The van der Waals surface area contributed by atoms with Gasteiger partial charge in [0.1, 0.15) is 0 Å².